The van der Waals surface area contributed by atoms with E-state index in [-0.39, 0.29) is 0 Å². The van der Waals surface area contributed by atoms with E-state index < -0.39 is 0 Å². The maximum Gasteiger partial charge on any atom is 0.0405 e. The molecule has 0 aliphatic carbocycles. The summed E-state index contributed by atoms with van der Waals surface area (Å²) in [6, 6.07) is 10.2. The van der Waals surface area contributed by atoms with Gasteiger partial charge < -0.3 is 4.90 Å². The minimum absolute atomic E-state index is 1.05. The van der Waals surface area contributed by atoms with Crippen molar-refractivity contribution in [2.24, 2.45) is 0 Å². The Bertz CT molecular complexity index is 238. The van der Waals surface area contributed by atoms with Gasteiger partial charge in [0.15, 0.2) is 0 Å². The van der Waals surface area contributed by atoms with Gasteiger partial charge in [-0.3, -0.25) is 0 Å². The van der Waals surface area contributed by atoms with Crippen molar-refractivity contribution in [3.8, 4) is 0 Å². The lowest BCUT2D eigenvalue weighted by molar-refractivity contribution is 1.10. The van der Waals surface area contributed by atoms with Crippen molar-refractivity contribution in [1.29, 1.82) is 0 Å². The zero-order valence-corrected chi connectivity index (χ0v) is 7.04. The van der Waals surface area contributed by atoms with E-state index >= 15 is 0 Å². The molecule has 1 rings (SSSR count). The Morgan fingerprint density at radius 3 is 2.27 bits per heavy atom. The predicted octanol–water partition coefficient (Wildman–Crippen LogP) is 2.66. The largest absolute Gasteiger partial charge is 0.349 e. The van der Waals surface area contributed by atoms with Gasteiger partial charge in [-0.15, -0.1) is 0 Å². The predicted molar refractivity (Wildman–Crippen MR) is 49.7 cm³/mol. The van der Waals surface area contributed by atoms with E-state index in [1.807, 2.05) is 32.2 Å². The maximum absolute atomic E-state index is 3.86. The minimum Gasteiger partial charge on any atom is -0.349 e. The average molecular weight is 147 g/mol. The second kappa shape index (κ2) is 3.24. The Kier molecular flexibility index (Phi) is 2.32. The molecule has 0 bridgehead atoms. The summed E-state index contributed by atoms with van der Waals surface area (Å²) >= 11 is 0. The molecule has 58 valence electrons. The Morgan fingerprint density at radius 1 is 1.27 bits per heavy atom. The molecule has 0 spiro atoms. The molecule has 0 aromatic heterocycles. The standard InChI is InChI=1S/C10H13N/c1-9(2)11(3)10-7-5-4-6-8-10/h4-8H,1H2,2-3H3. The van der Waals surface area contributed by atoms with Gasteiger partial charge in [-0.1, -0.05) is 24.8 Å². The van der Waals surface area contributed by atoms with E-state index in [1.54, 1.807) is 0 Å². The Morgan fingerprint density at radius 2 is 1.82 bits per heavy atom. The van der Waals surface area contributed by atoms with Gasteiger partial charge in [-0.05, 0) is 19.1 Å². The molecule has 0 fully saturated rings. The van der Waals surface area contributed by atoms with Crippen molar-refractivity contribution < 1.29 is 0 Å². The first-order chi connectivity index (χ1) is 5.22. The van der Waals surface area contributed by atoms with Gasteiger partial charge in [-0.2, -0.15) is 0 Å². The lowest BCUT2D eigenvalue weighted by atomic mass is 10.3. The average Bonchev–Trinajstić information content (AvgIpc) is 2.05. The molecule has 0 amide bonds. The third kappa shape index (κ3) is 1.84. The normalized spacial score (nSPS) is 9.27. The molecule has 1 aromatic rings. The van der Waals surface area contributed by atoms with Crippen molar-refractivity contribution >= 4 is 5.69 Å². The molecule has 0 atom stereocenters. The van der Waals surface area contributed by atoms with Crippen LogP contribution in [0.5, 0.6) is 0 Å². The molecule has 0 saturated heterocycles. The van der Waals surface area contributed by atoms with Crippen molar-refractivity contribution in [2.75, 3.05) is 11.9 Å². The quantitative estimate of drug-likeness (QED) is 0.621. The van der Waals surface area contributed by atoms with Crippen LogP contribution < -0.4 is 4.90 Å². The molecule has 0 aliphatic heterocycles. The zero-order chi connectivity index (χ0) is 8.27. The highest BCUT2D eigenvalue weighted by atomic mass is 15.1. The molecule has 11 heavy (non-hydrogen) atoms. The van der Waals surface area contributed by atoms with Gasteiger partial charge in [0.2, 0.25) is 0 Å². The van der Waals surface area contributed by atoms with Gasteiger partial charge in [-0.25, -0.2) is 0 Å². The van der Waals surface area contributed by atoms with E-state index in [0.717, 1.165) is 5.70 Å². The second-order valence-electron chi connectivity index (χ2n) is 2.63. The first-order valence-electron chi connectivity index (χ1n) is 3.66. The number of anilines is 1. The topological polar surface area (TPSA) is 3.24 Å². The van der Waals surface area contributed by atoms with Crippen molar-refractivity contribution in [3.05, 3.63) is 42.6 Å². The SMILES string of the molecule is C=C(C)N(C)c1ccccc1. The Balaban J connectivity index is 2.85. The van der Waals surface area contributed by atoms with Crippen LogP contribution in [0.1, 0.15) is 6.92 Å². The minimum atomic E-state index is 1.05. The highest BCUT2D eigenvalue weighted by molar-refractivity contribution is 5.49. The van der Waals surface area contributed by atoms with Crippen LogP contribution in [0, 0.1) is 0 Å². The third-order valence-corrected chi connectivity index (χ3v) is 1.72. The van der Waals surface area contributed by atoms with Crippen molar-refractivity contribution in [3.63, 3.8) is 0 Å². The fourth-order valence-corrected chi connectivity index (χ4v) is 0.872. The third-order valence-electron chi connectivity index (χ3n) is 1.72. The molecule has 1 aromatic carbocycles. The van der Waals surface area contributed by atoms with Crippen LogP contribution in [-0.2, 0) is 0 Å². The first-order valence-corrected chi connectivity index (χ1v) is 3.66. The molecule has 0 heterocycles. The number of rotatable bonds is 2. The summed E-state index contributed by atoms with van der Waals surface area (Å²) in [5.41, 5.74) is 2.23. The number of hydrogen-bond donors (Lipinski definition) is 0. The van der Waals surface area contributed by atoms with Crippen LogP contribution in [0.15, 0.2) is 42.6 Å². The molecular weight excluding hydrogens is 134 g/mol. The van der Waals surface area contributed by atoms with Crippen molar-refractivity contribution in [2.45, 2.75) is 6.92 Å². The highest BCUT2D eigenvalue weighted by Gasteiger charge is 1.97. The van der Waals surface area contributed by atoms with Crippen LogP contribution in [-0.4, -0.2) is 7.05 Å². The summed E-state index contributed by atoms with van der Waals surface area (Å²) in [6.07, 6.45) is 0. The number of hydrogen-bond acceptors (Lipinski definition) is 1. The number of nitrogens with zero attached hydrogens (tertiary/aromatic N) is 1. The second-order valence-corrected chi connectivity index (χ2v) is 2.63. The summed E-state index contributed by atoms with van der Waals surface area (Å²) < 4.78 is 0. The smallest absolute Gasteiger partial charge is 0.0405 e. The molecular formula is C10H13N. The fraction of sp³-hybridized carbons (Fsp3) is 0.200. The van der Waals surface area contributed by atoms with Gasteiger partial charge >= 0.3 is 0 Å². The summed E-state index contributed by atoms with van der Waals surface area (Å²) in [4.78, 5) is 2.06. The lowest BCUT2D eigenvalue weighted by Crippen LogP contribution is -2.12. The first kappa shape index (κ1) is 7.86. The Labute approximate surface area is 68.0 Å². The van der Waals surface area contributed by atoms with E-state index in [4.69, 9.17) is 0 Å². The number of benzene rings is 1. The van der Waals surface area contributed by atoms with Crippen LogP contribution in [0.2, 0.25) is 0 Å². The van der Waals surface area contributed by atoms with Crippen LogP contribution in [0.4, 0.5) is 5.69 Å². The van der Waals surface area contributed by atoms with E-state index in [1.165, 1.54) is 5.69 Å². The maximum atomic E-state index is 3.86. The van der Waals surface area contributed by atoms with Crippen LogP contribution in [0.25, 0.3) is 0 Å². The summed E-state index contributed by atoms with van der Waals surface area (Å²) in [6.45, 7) is 5.85. The zero-order valence-electron chi connectivity index (χ0n) is 7.04. The lowest BCUT2D eigenvalue weighted by Gasteiger charge is -2.18. The summed E-state index contributed by atoms with van der Waals surface area (Å²) in [7, 11) is 2.01. The molecule has 1 heteroatoms. The van der Waals surface area contributed by atoms with Crippen LogP contribution >= 0.6 is 0 Å². The fourth-order valence-electron chi connectivity index (χ4n) is 0.872. The summed E-state index contributed by atoms with van der Waals surface area (Å²) in [5, 5.41) is 0. The van der Waals surface area contributed by atoms with E-state index in [2.05, 4.69) is 23.6 Å². The molecule has 1 nitrogen and oxygen atoms in total. The molecule has 0 aliphatic rings. The summed E-state index contributed by atoms with van der Waals surface area (Å²) in [5.74, 6) is 0. The number of allylic oxidation sites excluding steroid dienone is 1. The molecule has 0 saturated carbocycles. The van der Waals surface area contributed by atoms with Gasteiger partial charge in [0.25, 0.3) is 0 Å². The van der Waals surface area contributed by atoms with Gasteiger partial charge in [0, 0.05) is 18.4 Å². The molecule has 0 radical (unpaired) electrons. The van der Waals surface area contributed by atoms with E-state index in [9.17, 15) is 0 Å². The van der Waals surface area contributed by atoms with Gasteiger partial charge in [0.1, 0.15) is 0 Å². The molecule has 0 N–H and O–H groups in total. The monoisotopic (exact) mass is 147 g/mol. The van der Waals surface area contributed by atoms with E-state index in [0.29, 0.717) is 0 Å². The van der Waals surface area contributed by atoms with Crippen molar-refractivity contribution in [1.82, 2.24) is 0 Å². The molecule has 0 unspecified atom stereocenters. The van der Waals surface area contributed by atoms with Gasteiger partial charge in [0.05, 0.1) is 0 Å². The van der Waals surface area contributed by atoms with Crippen LogP contribution in [0.3, 0.4) is 0 Å². The Hall–Kier alpha value is -1.24. The number of para-hydroxylation sites is 1. The highest BCUT2D eigenvalue weighted by Crippen LogP contribution is 2.14.